The Kier molecular flexibility index (Phi) is 22.1. The molecule has 0 aromatic heterocycles. The number of hydrogen-bond donors (Lipinski definition) is 8. The Hall–Kier alpha value is -6.00. The van der Waals surface area contributed by atoms with Crippen molar-refractivity contribution >= 4 is 84.5 Å². The van der Waals surface area contributed by atoms with Gasteiger partial charge in [0.05, 0.1) is 29.6 Å². The van der Waals surface area contributed by atoms with E-state index in [-0.39, 0.29) is 78.2 Å². The highest BCUT2D eigenvalue weighted by atomic mass is 33.1. The number of unbranched alkanes of at least 4 members (excludes halogenated alkanes) is 1. The zero-order valence-electron chi connectivity index (χ0n) is 48.7. The number of fused-ring (bicyclic) bond motifs is 5. The highest BCUT2D eigenvalue weighted by Gasteiger charge is 2.78. The number of esters is 5. The Morgan fingerprint density at radius 3 is 1.90 bits per heavy atom. The SMILES string of the molecule is CC(=O)O[C@H]1C(=O)[C@@]2(C)[C@H]([C@H](OC(=O)c3ccccc3)[C@]3(O)C[C@H](OC(=O)C(OC(=O)OCCSSCCOC(=O)CCCCC(O)(P(=O)(O)O)P(=O)(O)O)[C@@H](NC(=O)c4ccccc4)c4ccccc4)C(C)=C1C3(C)C)[C@]1(OC(C)=O)CO[C@@H]1C[C@@H]2O. The van der Waals surface area contributed by atoms with E-state index in [4.69, 9.17) is 37.9 Å². The van der Waals surface area contributed by atoms with Gasteiger partial charge < -0.3 is 78.1 Å². The van der Waals surface area contributed by atoms with Crippen LogP contribution in [0, 0.1) is 16.7 Å². The molecule has 3 aromatic carbocycles. The van der Waals surface area contributed by atoms with Gasteiger partial charge in [-0.05, 0) is 74.1 Å². The molecule has 1 saturated heterocycles. The van der Waals surface area contributed by atoms with Gasteiger partial charge in [-0.15, -0.1) is 0 Å². The summed E-state index contributed by atoms with van der Waals surface area (Å²) in [6, 6.07) is 21.8. The number of ether oxygens (including phenoxy) is 8. The number of hydrogen-bond acceptors (Lipinski definition) is 23. The maximum atomic E-state index is 15.8. The summed E-state index contributed by atoms with van der Waals surface area (Å²) in [5.41, 5.74) is -8.11. The standard InChI is InChI=1S/C58H71NO25P2S2/c1-33-39(31-57(69)49(83-51(66)38-22-14-9-15-23-38)47-55(6,40(62)30-41-56(47,32-79-41)84-35(3)61)48(64)45(80-34(2)60)43(33)54(57,4)5)81-52(67)46(44(36-18-10-7-11-19-36)59-50(65)37-20-12-8-13-21-37)82-53(68)78-27-29-88-87-28-26-77-42(63)24-16-17-25-58(70,85(71,72)73)86(74,75)76/h7-15,18-23,39-41,44-47,49,62,69-70H,16-17,24-32H2,1-6H3,(H,59,65)(H2,71,72,73)(H2,74,75,76)/t39-,40-,41+,44-,45+,46?,47-,49-,55+,56-,57+/m0/s1. The minimum absolute atomic E-state index is 0.00454. The fraction of sp³-hybridized carbons (Fsp3) is 0.517. The van der Waals surface area contributed by atoms with E-state index in [1.807, 2.05) is 0 Å². The summed E-state index contributed by atoms with van der Waals surface area (Å²) in [6.07, 6.45) is -14.6. The van der Waals surface area contributed by atoms with Crippen LogP contribution >= 0.6 is 36.8 Å². The average Bonchev–Trinajstić information content (AvgIpc) is 0.678. The normalized spacial score (nSPS) is 26.4. The van der Waals surface area contributed by atoms with Crippen molar-refractivity contribution in [2.24, 2.45) is 16.7 Å². The van der Waals surface area contributed by atoms with Crippen molar-refractivity contribution in [3.63, 3.8) is 0 Å². The summed E-state index contributed by atoms with van der Waals surface area (Å²) in [4.78, 5) is 150. The Labute approximate surface area is 513 Å². The van der Waals surface area contributed by atoms with Crippen LogP contribution in [0.5, 0.6) is 0 Å². The van der Waals surface area contributed by atoms with E-state index in [0.717, 1.165) is 13.8 Å². The fourth-order valence-electron chi connectivity index (χ4n) is 12.1. The van der Waals surface area contributed by atoms with Gasteiger partial charge in [-0.1, -0.05) is 102 Å². The molecule has 1 amide bonds. The molecule has 1 heterocycles. The first-order valence-electron chi connectivity index (χ1n) is 27.8. The number of carbonyl (C=O) groups excluding carboxylic acids is 8. The van der Waals surface area contributed by atoms with Crippen LogP contribution in [0.4, 0.5) is 4.79 Å². The predicted molar refractivity (Wildman–Crippen MR) is 311 cm³/mol. The highest BCUT2D eigenvalue weighted by molar-refractivity contribution is 8.76. The summed E-state index contributed by atoms with van der Waals surface area (Å²) in [7, 11) is -8.94. The van der Waals surface area contributed by atoms with Gasteiger partial charge in [0.15, 0.2) is 17.5 Å². The molecule has 480 valence electrons. The third-order valence-electron chi connectivity index (χ3n) is 16.7. The van der Waals surface area contributed by atoms with Crippen molar-refractivity contribution in [2.75, 3.05) is 31.3 Å². The molecule has 1 unspecified atom stereocenters. The third kappa shape index (κ3) is 14.4. The van der Waals surface area contributed by atoms with Crippen LogP contribution < -0.4 is 5.32 Å². The molecule has 88 heavy (non-hydrogen) atoms. The minimum atomic E-state index is -5.65. The van der Waals surface area contributed by atoms with Crippen molar-refractivity contribution in [3.8, 4) is 0 Å². The molecule has 26 nitrogen and oxygen atoms in total. The maximum absolute atomic E-state index is 15.8. The first kappa shape index (κ1) is 69.5. The molecule has 2 bridgehead atoms. The quantitative estimate of drug-likeness (QED) is 0.0132. The van der Waals surface area contributed by atoms with E-state index < -0.39 is 158 Å². The fourth-order valence-corrected chi connectivity index (χ4v) is 16.0. The van der Waals surface area contributed by atoms with Crippen molar-refractivity contribution in [1.82, 2.24) is 5.32 Å². The van der Waals surface area contributed by atoms with Gasteiger partial charge in [0.2, 0.25) is 6.10 Å². The van der Waals surface area contributed by atoms with Gasteiger partial charge in [0, 0.05) is 55.6 Å². The Morgan fingerprint density at radius 2 is 1.35 bits per heavy atom. The lowest BCUT2D eigenvalue weighted by atomic mass is 9.44. The van der Waals surface area contributed by atoms with Crippen molar-refractivity contribution in [3.05, 3.63) is 119 Å². The van der Waals surface area contributed by atoms with Crippen LogP contribution in [0.1, 0.15) is 112 Å². The molecule has 2 saturated carbocycles. The molecule has 30 heteroatoms. The number of Topliss-reactive ketones (excluding diaryl/α,β-unsaturated/α-hetero) is 1. The van der Waals surface area contributed by atoms with Gasteiger partial charge in [0.25, 0.3) is 11.0 Å². The number of nitrogens with one attached hydrogen (secondary N) is 1. The Balaban J connectivity index is 1.17. The van der Waals surface area contributed by atoms with Crippen LogP contribution in [-0.4, -0.2) is 167 Å². The zero-order chi connectivity index (χ0) is 64.8. The number of aliphatic hydroxyl groups is 3. The number of rotatable bonds is 25. The van der Waals surface area contributed by atoms with Crippen molar-refractivity contribution in [1.29, 1.82) is 0 Å². The summed E-state index contributed by atoms with van der Waals surface area (Å²) >= 11 is 0. The molecular formula is C58H71NO25P2S2. The Morgan fingerprint density at radius 1 is 0.784 bits per heavy atom. The first-order chi connectivity index (χ1) is 41.2. The monoisotopic (exact) mass is 1310 g/mol. The second-order valence-electron chi connectivity index (χ2n) is 22.5. The molecule has 4 aliphatic rings. The maximum Gasteiger partial charge on any atom is 0.509 e. The molecule has 11 atom stereocenters. The third-order valence-corrected chi connectivity index (χ3v) is 22.9. The molecule has 3 aromatic rings. The second kappa shape index (κ2) is 28.0. The molecule has 0 spiro atoms. The van der Waals surface area contributed by atoms with Gasteiger partial charge >= 0.3 is 51.2 Å². The summed E-state index contributed by atoms with van der Waals surface area (Å²) in [6.45, 7) is 7.11. The van der Waals surface area contributed by atoms with E-state index in [1.165, 1.54) is 85.7 Å². The number of aliphatic hydroxyl groups excluding tert-OH is 1. The van der Waals surface area contributed by atoms with E-state index >= 15 is 9.59 Å². The van der Waals surface area contributed by atoms with E-state index in [9.17, 15) is 72.8 Å². The summed E-state index contributed by atoms with van der Waals surface area (Å²) < 4.78 is 70.4. The van der Waals surface area contributed by atoms with Crippen LogP contribution in [0.3, 0.4) is 0 Å². The summed E-state index contributed by atoms with van der Waals surface area (Å²) in [5, 5.41) is 35.5. The van der Waals surface area contributed by atoms with Crippen molar-refractivity contribution < 1.29 is 120 Å². The van der Waals surface area contributed by atoms with Gasteiger partial charge in [-0.25, -0.2) is 14.4 Å². The Bertz CT molecular complexity index is 3190. The van der Waals surface area contributed by atoms with Crippen LogP contribution in [-0.2, 0) is 71.0 Å². The topological polar surface area (TPSA) is 398 Å². The number of carbonyl (C=O) groups is 8. The number of ketones is 1. The largest absolute Gasteiger partial charge is 0.509 e. The predicted octanol–water partition coefficient (Wildman–Crippen LogP) is 5.38. The van der Waals surface area contributed by atoms with E-state index in [1.54, 1.807) is 54.6 Å². The van der Waals surface area contributed by atoms with Crippen LogP contribution in [0.2, 0.25) is 0 Å². The smallest absolute Gasteiger partial charge is 0.465 e. The lowest BCUT2D eigenvalue weighted by molar-refractivity contribution is -0.346. The molecule has 7 rings (SSSR count). The van der Waals surface area contributed by atoms with Gasteiger partial charge in [-0.2, -0.15) is 0 Å². The minimum Gasteiger partial charge on any atom is -0.465 e. The van der Waals surface area contributed by atoms with Crippen molar-refractivity contribution in [2.45, 2.75) is 139 Å². The average molecular weight is 1310 g/mol. The summed E-state index contributed by atoms with van der Waals surface area (Å²) in [5.74, 6) is -7.95. The molecule has 8 N–H and O–H groups in total. The lowest BCUT2D eigenvalue weighted by Gasteiger charge is -2.67. The van der Waals surface area contributed by atoms with Gasteiger partial charge in [0.1, 0.15) is 43.2 Å². The second-order valence-corrected chi connectivity index (χ2v) is 29.2. The van der Waals surface area contributed by atoms with Crippen LogP contribution in [0.15, 0.2) is 102 Å². The van der Waals surface area contributed by atoms with E-state index in [2.05, 4.69) is 5.32 Å². The number of benzene rings is 3. The molecule has 3 fully saturated rings. The molecule has 1 aliphatic heterocycles. The first-order valence-corrected chi connectivity index (χ1v) is 33.5. The number of amides is 1. The lowest BCUT2D eigenvalue weighted by Crippen LogP contribution is -2.82. The van der Waals surface area contributed by atoms with Crippen LogP contribution in [0.25, 0.3) is 0 Å². The molecule has 0 radical (unpaired) electrons. The molecule has 3 aliphatic carbocycles. The molecular weight excluding hydrogens is 1240 g/mol. The zero-order valence-corrected chi connectivity index (χ0v) is 52.2. The van der Waals surface area contributed by atoms with Gasteiger partial charge in [-0.3, -0.25) is 33.1 Å². The van der Waals surface area contributed by atoms with E-state index in [0.29, 0.717) is 0 Å². The highest BCUT2D eigenvalue weighted by Crippen LogP contribution is 2.69.